The first-order chi connectivity index (χ1) is 5.77. The fourth-order valence-electron chi connectivity index (χ4n) is 0.981. The van der Waals surface area contributed by atoms with Crippen LogP contribution in [0.3, 0.4) is 0 Å². The van der Waals surface area contributed by atoms with Gasteiger partial charge in [-0.05, 0) is 11.1 Å². The van der Waals surface area contributed by atoms with Crippen LogP contribution in [0.2, 0.25) is 0 Å². The summed E-state index contributed by atoms with van der Waals surface area (Å²) < 4.78 is 0. The molecule has 1 aromatic rings. The van der Waals surface area contributed by atoms with Crippen LogP contribution in [-0.4, -0.2) is 5.11 Å². The molecule has 0 saturated carbocycles. The van der Waals surface area contributed by atoms with Crippen molar-refractivity contribution < 1.29 is 5.11 Å². The third-order valence-corrected chi connectivity index (χ3v) is 1.80. The summed E-state index contributed by atoms with van der Waals surface area (Å²) in [5, 5.41) is 8.77. The zero-order valence-electron chi connectivity index (χ0n) is 6.90. The first-order valence-electron chi connectivity index (χ1n) is 3.85. The Morgan fingerprint density at radius 1 is 1.42 bits per heavy atom. The molecule has 1 aromatic carbocycles. The molecule has 0 aromatic heterocycles. The van der Waals surface area contributed by atoms with E-state index in [9.17, 15) is 0 Å². The molecular weight excluding hydrogens is 150 g/mol. The molecular formula is C10H13NO. The van der Waals surface area contributed by atoms with Crippen molar-refractivity contribution in [3.05, 3.63) is 48.0 Å². The van der Waals surface area contributed by atoms with Gasteiger partial charge in [0.15, 0.2) is 0 Å². The summed E-state index contributed by atoms with van der Waals surface area (Å²) in [5.41, 5.74) is 7.62. The molecule has 0 aliphatic rings. The van der Waals surface area contributed by atoms with Crippen molar-refractivity contribution in [3.63, 3.8) is 0 Å². The maximum absolute atomic E-state index is 8.77. The highest BCUT2D eigenvalue weighted by atomic mass is 16.3. The first-order valence-corrected chi connectivity index (χ1v) is 3.85. The lowest BCUT2D eigenvalue weighted by molar-refractivity contribution is 0.282. The second-order valence-corrected chi connectivity index (χ2v) is 2.66. The Kier molecular flexibility index (Phi) is 3.02. The van der Waals surface area contributed by atoms with E-state index in [-0.39, 0.29) is 12.6 Å². The standard InChI is InChI=1S/C10H13NO/c1-2-10(11)9-5-3-8(7-12)4-6-9/h2-6,10,12H,1,7,11H2. The van der Waals surface area contributed by atoms with E-state index in [1.54, 1.807) is 6.08 Å². The van der Waals surface area contributed by atoms with Gasteiger partial charge in [0.25, 0.3) is 0 Å². The average Bonchev–Trinajstić information content (AvgIpc) is 2.17. The van der Waals surface area contributed by atoms with E-state index in [1.807, 2.05) is 24.3 Å². The molecule has 1 unspecified atom stereocenters. The van der Waals surface area contributed by atoms with E-state index in [2.05, 4.69) is 6.58 Å². The normalized spacial score (nSPS) is 12.5. The second-order valence-electron chi connectivity index (χ2n) is 2.66. The number of rotatable bonds is 3. The lowest BCUT2D eigenvalue weighted by Gasteiger charge is -2.06. The van der Waals surface area contributed by atoms with Crippen molar-refractivity contribution in [1.82, 2.24) is 0 Å². The average molecular weight is 163 g/mol. The quantitative estimate of drug-likeness (QED) is 0.661. The molecule has 0 bridgehead atoms. The predicted octanol–water partition coefficient (Wildman–Crippen LogP) is 1.36. The highest BCUT2D eigenvalue weighted by Gasteiger charge is 1.99. The van der Waals surface area contributed by atoms with Crippen LogP contribution in [0.5, 0.6) is 0 Å². The number of hydrogen-bond acceptors (Lipinski definition) is 2. The van der Waals surface area contributed by atoms with Crippen LogP contribution in [0.25, 0.3) is 0 Å². The Labute approximate surface area is 72.3 Å². The molecule has 1 rings (SSSR count). The number of aliphatic hydroxyl groups excluding tert-OH is 1. The molecule has 2 nitrogen and oxygen atoms in total. The number of benzene rings is 1. The summed E-state index contributed by atoms with van der Waals surface area (Å²) in [5.74, 6) is 0. The minimum absolute atomic E-state index is 0.0730. The van der Waals surface area contributed by atoms with Gasteiger partial charge in [0, 0.05) is 6.04 Å². The van der Waals surface area contributed by atoms with Crippen LogP contribution >= 0.6 is 0 Å². The van der Waals surface area contributed by atoms with Crippen LogP contribution in [0.15, 0.2) is 36.9 Å². The van der Waals surface area contributed by atoms with E-state index in [0.29, 0.717) is 0 Å². The molecule has 0 aliphatic heterocycles. The molecule has 2 heteroatoms. The Hall–Kier alpha value is -1.12. The van der Waals surface area contributed by atoms with Gasteiger partial charge >= 0.3 is 0 Å². The van der Waals surface area contributed by atoms with E-state index < -0.39 is 0 Å². The minimum atomic E-state index is -0.113. The largest absolute Gasteiger partial charge is 0.392 e. The van der Waals surface area contributed by atoms with Gasteiger partial charge < -0.3 is 10.8 Å². The van der Waals surface area contributed by atoms with E-state index >= 15 is 0 Å². The summed E-state index contributed by atoms with van der Waals surface area (Å²) in [6.45, 7) is 3.68. The van der Waals surface area contributed by atoms with Crippen molar-refractivity contribution in [2.24, 2.45) is 5.73 Å². The molecule has 0 aliphatic carbocycles. The maximum Gasteiger partial charge on any atom is 0.0681 e. The Bertz CT molecular complexity index is 253. The van der Waals surface area contributed by atoms with E-state index in [0.717, 1.165) is 11.1 Å². The van der Waals surface area contributed by atoms with Gasteiger partial charge in [0.05, 0.1) is 6.61 Å². The maximum atomic E-state index is 8.77. The molecule has 0 amide bonds. The van der Waals surface area contributed by atoms with Gasteiger partial charge in [-0.1, -0.05) is 30.3 Å². The van der Waals surface area contributed by atoms with E-state index in [4.69, 9.17) is 10.8 Å². The van der Waals surface area contributed by atoms with Gasteiger partial charge in [-0.15, -0.1) is 6.58 Å². The van der Waals surface area contributed by atoms with Crippen LogP contribution < -0.4 is 5.73 Å². The molecule has 12 heavy (non-hydrogen) atoms. The number of aliphatic hydroxyl groups is 1. The smallest absolute Gasteiger partial charge is 0.0681 e. The van der Waals surface area contributed by atoms with Crippen LogP contribution in [0.1, 0.15) is 17.2 Å². The SMILES string of the molecule is C=CC(N)c1ccc(CO)cc1. The second kappa shape index (κ2) is 4.04. The van der Waals surface area contributed by atoms with Crippen molar-refractivity contribution in [3.8, 4) is 0 Å². The van der Waals surface area contributed by atoms with Crippen LogP contribution in [-0.2, 0) is 6.61 Å². The molecule has 3 N–H and O–H groups in total. The third-order valence-electron chi connectivity index (χ3n) is 1.80. The molecule has 0 fully saturated rings. The molecule has 0 heterocycles. The van der Waals surface area contributed by atoms with E-state index in [1.165, 1.54) is 0 Å². The zero-order chi connectivity index (χ0) is 8.97. The van der Waals surface area contributed by atoms with Crippen molar-refractivity contribution in [2.75, 3.05) is 0 Å². The first kappa shape index (κ1) is 8.97. The lowest BCUT2D eigenvalue weighted by Crippen LogP contribution is -2.06. The van der Waals surface area contributed by atoms with Gasteiger partial charge in [-0.2, -0.15) is 0 Å². The minimum Gasteiger partial charge on any atom is -0.392 e. The van der Waals surface area contributed by atoms with Crippen molar-refractivity contribution >= 4 is 0 Å². The molecule has 0 radical (unpaired) electrons. The Morgan fingerprint density at radius 2 is 2.00 bits per heavy atom. The monoisotopic (exact) mass is 163 g/mol. The fourth-order valence-corrected chi connectivity index (χ4v) is 0.981. The fraction of sp³-hybridized carbons (Fsp3) is 0.200. The number of hydrogen-bond donors (Lipinski definition) is 2. The topological polar surface area (TPSA) is 46.2 Å². The van der Waals surface area contributed by atoms with Gasteiger partial charge in [0.1, 0.15) is 0 Å². The predicted molar refractivity (Wildman–Crippen MR) is 49.5 cm³/mol. The third kappa shape index (κ3) is 1.94. The highest BCUT2D eigenvalue weighted by molar-refractivity contribution is 5.26. The number of nitrogens with two attached hydrogens (primary N) is 1. The van der Waals surface area contributed by atoms with Crippen LogP contribution in [0.4, 0.5) is 0 Å². The summed E-state index contributed by atoms with van der Waals surface area (Å²) in [7, 11) is 0. The van der Waals surface area contributed by atoms with Gasteiger partial charge in [-0.25, -0.2) is 0 Å². The Morgan fingerprint density at radius 3 is 2.42 bits per heavy atom. The Balaban J connectivity index is 2.84. The summed E-state index contributed by atoms with van der Waals surface area (Å²) >= 11 is 0. The summed E-state index contributed by atoms with van der Waals surface area (Å²) in [6.07, 6.45) is 1.69. The lowest BCUT2D eigenvalue weighted by atomic mass is 10.1. The molecule has 1 atom stereocenters. The van der Waals surface area contributed by atoms with Gasteiger partial charge in [0.2, 0.25) is 0 Å². The molecule has 64 valence electrons. The summed E-state index contributed by atoms with van der Waals surface area (Å²) in [4.78, 5) is 0. The van der Waals surface area contributed by atoms with Crippen LogP contribution in [0, 0.1) is 0 Å². The molecule has 0 spiro atoms. The zero-order valence-corrected chi connectivity index (χ0v) is 6.90. The van der Waals surface area contributed by atoms with Crippen molar-refractivity contribution in [2.45, 2.75) is 12.6 Å². The van der Waals surface area contributed by atoms with Crippen molar-refractivity contribution in [1.29, 1.82) is 0 Å². The summed E-state index contributed by atoms with van der Waals surface area (Å²) in [6, 6.07) is 7.41. The molecule has 0 saturated heterocycles. The van der Waals surface area contributed by atoms with Gasteiger partial charge in [-0.3, -0.25) is 0 Å². The highest BCUT2D eigenvalue weighted by Crippen LogP contribution is 2.11.